The topological polar surface area (TPSA) is 60.0 Å². The van der Waals surface area contributed by atoms with Gasteiger partial charge in [-0.2, -0.15) is 0 Å². The van der Waals surface area contributed by atoms with Crippen molar-refractivity contribution < 1.29 is 27.8 Å². The second-order valence-corrected chi connectivity index (χ2v) is 9.69. The summed E-state index contributed by atoms with van der Waals surface area (Å²) in [6.45, 7) is 2.27. The molecule has 0 bridgehead atoms. The molecular weight excluding hydrogens is 454 g/mol. The highest BCUT2D eigenvalue weighted by molar-refractivity contribution is 5.82. The van der Waals surface area contributed by atoms with Gasteiger partial charge in [0, 0.05) is 31.8 Å². The SMILES string of the molecule is COCCc1ccc(OC)c(CN(C(=O)[C@H]2CNCCC23OCc2cc(F)c(F)cc23)C2CC2)c1. The fourth-order valence-electron chi connectivity index (χ4n) is 5.51. The highest BCUT2D eigenvalue weighted by atomic mass is 19.2. The second-order valence-electron chi connectivity index (χ2n) is 9.69. The van der Waals surface area contributed by atoms with Gasteiger partial charge in [0.05, 0.1) is 26.2 Å². The molecule has 1 unspecified atom stereocenters. The van der Waals surface area contributed by atoms with Crippen LogP contribution in [0.2, 0.25) is 0 Å². The first-order chi connectivity index (χ1) is 17.0. The number of methoxy groups -OCH3 is 2. The minimum absolute atomic E-state index is 0.0263. The number of hydrogen-bond acceptors (Lipinski definition) is 5. The molecule has 35 heavy (non-hydrogen) atoms. The molecule has 2 aliphatic heterocycles. The first kappa shape index (κ1) is 24.2. The van der Waals surface area contributed by atoms with E-state index in [-0.39, 0.29) is 18.6 Å². The summed E-state index contributed by atoms with van der Waals surface area (Å²) in [6, 6.07) is 8.62. The molecule has 2 atom stereocenters. The molecule has 1 saturated carbocycles. The van der Waals surface area contributed by atoms with Gasteiger partial charge in [0.25, 0.3) is 0 Å². The molecule has 188 valence electrons. The van der Waals surface area contributed by atoms with Gasteiger partial charge in [-0.05, 0) is 67.1 Å². The molecule has 1 aliphatic carbocycles. The van der Waals surface area contributed by atoms with E-state index in [0.29, 0.717) is 43.8 Å². The minimum Gasteiger partial charge on any atom is -0.496 e. The molecule has 2 aromatic carbocycles. The van der Waals surface area contributed by atoms with Crippen molar-refractivity contribution >= 4 is 5.91 Å². The number of carbonyl (C=O) groups excluding carboxylic acids is 1. The number of hydrogen-bond donors (Lipinski definition) is 1. The number of amides is 1. The zero-order valence-electron chi connectivity index (χ0n) is 20.2. The summed E-state index contributed by atoms with van der Waals surface area (Å²) in [5.41, 5.74) is 2.33. The Kier molecular flexibility index (Phi) is 6.79. The molecule has 2 fully saturated rings. The van der Waals surface area contributed by atoms with E-state index in [1.165, 1.54) is 12.1 Å². The van der Waals surface area contributed by atoms with Crippen LogP contribution < -0.4 is 10.1 Å². The number of benzene rings is 2. The maximum absolute atomic E-state index is 14.3. The Morgan fingerprint density at radius 3 is 2.74 bits per heavy atom. The molecule has 3 aliphatic rings. The van der Waals surface area contributed by atoms with Crippen molar-refractivity contribution in [3.8, 4) is 5.75 Å². The van der Waals surface area contributed by atoms with E-state index in [1.807, 2.05) is 17.0 Å². The van der Waals surface area contributed by atoms with Crippen LogP contribution in [-0.4, -0.2) is 50.8 Å². The molecule has 5 rings (SSSR count). The molecular formula is C27H32F2N2O4. The summed E-state index contributed by atoms with van der Waals surface area (Å²) in [5, 5.41) is 3.32. The van der Waals surface area contributed by atoms with Crippen molar-refractivity contribution in [2.24, 2.45) is 5.92 Å². The van der Waals surface area contributed by atoms with E-state index < -0.39 is 23.2 Å². The number of nitrogens with zero attached hydrogens (tertiary/aromatic N) is 1. The lowest BCUT2D eigenvalue weighted by Gasteiger charge is -2.43. The number of rotatable bonds is 8. The molecule has 8 heteroatoms. The number of fused-ring (bicyclic) bond motifs is 2. The normalized spacial score (nSPS) is 23.4. The summed E-state index contributed by atoms with van der Waals surface area (Å²) in [4.78, 5) is 16.1. The van der Waals surface area contributed by atoms with Crippen molar-refractivity contribution in [3.63, 3.8) is 0 Å². The Bertz CT molecular complexity index is 1110. The Morgan fingerprint density at radius 1 is 1.20 bits per heavy atom. The monoisotopic (exact) mass is 486 g/mol. The lowest BCUT2D eigenvalue weighted by Crippen LogP contribution is -2.55. The molecule has 6 nitrogen and oxygen atoms in total. The van der Waals surface area contributed by atoms with Crippen LogP contribution in [0.1, 0.15) is 41.5 Å². The van der Waals surface area contributed by atoms with Gasteiger partial charge in [0.15, 0.2) is 11.6 Å². The number of nitrogens with one attached hydrogen (secondary N) is 1. The van der Waals surface area contributed by atoms with Crippen molar-refractivity contribution in [2.75, 3.05) is 33.9 Å². The molecule has 0 radical (unpaired) electrons. The number of halogens is 2. The molecule has 2 heterocycles. The van der Waals surface area contributed by atoms with Crippen LogP contribution in [0, 0.1) is 17.6 Å². The van der Waals surface area contributed by atoms with E-state index in [4.69, 9.17) is 14.2 Å². The quantitative estimate of drug-likeness (QED) is 0.617. The molecule has 1 amide bonds. The minimum atomic E-state index is -0.955. The predicted molar refractivity (Wildman–Crippen MR) is 126 cm³/mol. The van der Waals surface area contributed by atoms with Crippen molar-refractivity contribution in [3.05, 3.63) is 64.2 Å². The smallest absolute Gasteiger partial charge is 0.230 e. The predicted octanol–water partition coefficient (Wildman–Crippen LogP) is 3.69. The van der Waals surface area contributed by atoms with Crippen LogP contribution in [0.4, 0.5) is 8.78 Å². The largest absolute Gasteiger partial charge is 0.496 e. The van der Waals surface area contributed by atoms with E-state index in [9.17, 15) is 13.6 Å². The summed E-state index contributed by atoms with van der Waals surface area (Å²) >= 11 is 0. The summed E-state index contributed by atoms with van der Waals surface area (Å²) in [5.74, 6) is -1.62. The lowest BCUT2D eigenvalue weighted by atomic mass is 9.75. The molecule has 1 saturated heterocycles. The molecule has 2 aromatic rings. The third-order valence-corrected chi connectivity index (χ3v) is 7.52. The third-order valence-electron chi connectivity index (χ3n) is 7.52. The third kappa shape index (κ3) is 4.55. The lowest BCUT2D eigenvalue weighted by molar-refractivity contribution is -0.157. The van der Waals surface area contributed by atoms with Crippen LogP contribution in [-0.2, 0) is 39.4 Å². The van der Waals surface area contributed by atoms with Gasteiger partial charge >= 0.3 is 0 Å². The van der Waals surface area contributed by atoms with Gasteiger partial charge in [-0.1, -0.05) is 12.1 Å². The van der Waals surface area contributed by atoms with Crippen LogP contribution >= 0.6 is 0 Å². The van der Waals surface area contributed by atoms with Crippen molar-refractivity contribution in [2.45, 2.75) is 50.5 Å². The fourth-order valence-corrected chi connectivity index (χ4v) is 5.51. The Morgan fingerprint density at radius 2 is 2.00 bits per heavy atom. The van der Waals surface area contributed by atoms with Crippen LogP contribution in [0.3, 0.4) is 0 Å². The second kappa shape index (κ2) is 9.84. The summed E-state index contributed by atoms with van der Waals surface area (Å²) < 4.78 is 45.3. The Hall–Kier alpha value is -2.55. The van der Waals surface area contributed by atoms with Crippen molar-refractivity contribution in [1.82, 2.24) is 10.2 Å². The Labute approximate surface area is 204 Å². The van der Waals surface area contributed by atoms with E-state index >= 15 is 0 Å². The first-order valence-electron chi connectivity index (χ1n) is 12.2. The van der Waals surface area contributed by atoms with Gasteiger partial charge in [-0.15, -0.1) is 0 Å². The van der Waals surface area contributed by atoms with Crippen LogP contribution in [0.5, 0.6) is 5.75 Å². The van der Waals surface area contributed by atoms with E-state index in [1.54, 1.807) is 14.2 Å². The maximum Gasteiger partial charge on any atom is 0.230 e. The number of piperidine rings is 1. The van der Waals surface area contributed by atoms with E-state index in [2.05, 4.69) is 11.4 Å². The fraction of sp³-hybridized carbons (Fsp3) is 0.519. The average Bonchev–Trinajstić information content (AvgIpc) is 3.66. The Balaban J connectivity index is 1.46. The van der Waals surface area contributed by atoms with Gasteiger partial charge in [0.1, 0.15) is 11.4 Å². The summed E-state index contributed by atoms with van der Waals surface area (Å²) in [6.07, 6.45) is 3.19. The number of ether oxygens (including phenoxy) is 3. The van der Waals surface area contributed by atoms with Crippen LogP contribution in [0.25, 0.3) is 0 Å². The van der Waals surface area contributed by atoms with Crippen LogP contribution in [0.15, 0.2) is 30.3 Å². The molecule has 1 spiro atoms. The zero-order valence-corrected chi connectivity index (χ0v) is 20.2. The maximum atomic E-state index is 14.3. The highest BCUT2D eigenvalue weighted by Gasteiger charge is 2.53. The van der Waals surface area contributed by atoms with Gasteiger partial charge in [0.2, 0.25) is 5.91 Å². The highest BCUT2D eigenvalue weighted by Crippen LogP contribution is 2.48. The van der Waals surface area contributed by atoms with Gasteiger partial charge in [-0.3, -0.25) is 4.79 Å². The van der Waals surface area contributed by atoms with E-state index in [0.717, 1.165) is 36.1 Å². The molecule has 1 N–H and O–H groups in total. The first-order valence-corrected chi connectivity index (χ1v) is 12.2. The molecule has 0 aromatic heterocycles. The summed E-state index contributed by atoms with van der Waals surface area (Å²) in [7, 11) is 3.31. The van der Waals surface area contributed by atoms with Gasteiger partial charge < -0.3 is 24.4 Å². The standard InChI is InChI=1S/C27H32F2N2O4/c1-33-10-7-17-3-6-25(34-2)18(11-17)15-31(20-4-5-20)26(32)22-14-30-9-8-27(22)21-13-24(29)23(28)12-19(21)16-35-27/h3,6,11-13,20,22,30H,4-5,7-10,14-16H2,1-2H3/t22-,27?/m1/s1. The average molecular weight is 487 g/mol. The van der Waals surface area contributed by atoms with Gasteiger partial charge in [-0.25, -0.2) is 8.78 Å². The number of carbonyl (C=O) groups is 1. The zero-order chi connectivity index (χ0) is 24.6. The van der Waals surface area contributed by atoms with Crippen molar-refractivity contribution in [1.29, 1.82) is 0 Å².